The van der Waals surface area contributed by atoms with Crippen molar-refractivity contribution in [2.75, 3.05) is 19.8 Å². The standard InChI is InChI=1S/C9H21O9P3/c1-4-7-13-19(10)16-20(11,14-8-5-2)18-21(12,17-19)15-9-6-3/h4-9H2,1-3H3. The monoisotopic (exact) mass is 366 g/mol. The third-order valence-corrected chi connectivity index (χ3v) is 8.26. The average molecular weight is 366 g/mol. The summed E-state index contributed by atoms with van der Waals surface area (Å²) in [5, 5.41) is 0. The van der Waals surface area contributed by atoms with Crippen molar-refractivity contribution < 1.29 is 40.2 Å². The van der Waals surface area contributed by atoms with Crippen molar-refractivity contribution in [3.05, 3.63) is 0 Å². The van der Waals surface area contributed by atoms with Crippen LogP contribution in [0.4, 0.5) is 0 Å². The van der Waals surface area contributed by atoms with Gasteiger partial charge in [-0.05, 0) is 19.3 Å². The fourth-order valence-electron chi connectivity index (χ4n) is 1.16. The zero-order chi connectivity index (χ0) is 16.0. The van der Waals surface area contributed by atoms with E-state index in [0.29, 0.717) is 19.3 Å². The van der Waals surface area contributed by atoms with E-state index in [1.54, 1.807) is 20.8 Å². The molecule has 0 amide bonds. The number of hydrogen-bond acceptors (Lipinski definition) is 9. The first-order chi connectivity index (χ1) is 9.80. The summed E-state index contributed by atoms with van der Waals surface area (Å²) in [4.78, 5) is 0. The lowest BCUT2D eigenvalue weighted by Gasteiger charge is -2.31. The number of phosphoric acid groups is 3. The first-order valence-corrected chi connectivity index (χ1v) is 11.1. The van der Waals surface area contributed by atoms with Gasteiger partial charge >= 0.3 is 23.5 Å². The minimum Gasteiger partial charge on any atom is -0.286 e. The second-order valence-electron chi connectivity index (χ2n) is 4.09. The number of rotatable bonds is 9. The summed E-state index contributed by atoms with van der Waals surface area (Å²) in [7, 11) is -13.1. The Labute approximate surface area is 124 Å². The van der Waals surface area contributed by atoms with Crippen molar-refractivity contribution in [2.24, 2.45) is 0 Å². The largest absolute Gasteiger partial charge is 0.492 e. The van der Waals surface area contributed by atoms with Gasteiger partial charge in [-0.15, -0.1) is 0 Å². The van der Waals surface area contributed by atoms with E-state index in [1.807, 2.05) is 0 Å². The Balaban J connectivity index is 2.95. The predicted molar refractivity (Wildman–Crippen MR) is 74.8 cm³/mol. The van der Waals surface area contributed by atoms with Crippen molar-refractivity contribution in [3.8, 4) is 0 Å². The third-order valence-electron chi connectivity index (χ3n) is 1.96. The van der Waals surface area contributed by atoms with Crippen molar-refractivity contribution in [1.82, 2.24) is 0 Å². The lowest BCUT2D eigenvalue weighted by Crippen LogP contribution is -2.11. The summed E-state index contributed by atoms with van der Waals surface area (Å²) < 4.78 is 65.7. The summed E-state index contributed by atoms with van der Waals surface area (Å²) in [5.74, 6) is 0. The molecule has 1 fully saturated rings. The van der Waals surface area contributed by atoms with Gasteiger partial charge in [0, 0.05) is 0 Å². The van der Waals surface area contributed by atoms with Gasteiger partial charge in [0.15, 0.2) is 0 Å². The Kier molecular flexibility index (Phi) is 7.75. The molecule has 1 saturated heterocycles. The molecule has 21 heavy (non-hydrogen) atoms. The average Bonchev–Trinajstić information content (AvgIpc) is 2.39. The molecule has 9 nitrogen and oxygen atoms in total. The molecule has 0 saturated carbocycles. The van der Waals surface area contributed by atoms with Gasteiger partial charge in [-0.1, -0.05) is 20.8 Å². The van der Waals surface area contributed by atoms with Crippen LogP contribution >= 0.6 is 23.5 Å². The fourth-order valence-corrected chi connectivity index (χ4v) is 7.61. The van der Waals surface area contributed by atoms with Crippen LogP contribution in [0.1, 0.15) is 40.0 Å². The summed E-state index contributed by atoms with van der Waals surface area (Å²) in [6.07, 6.45) is 1.49. The van der Waals surface area contributed by atoms with Crippen LogP contribution < -0.4 is 0 Å². The van der Waals surface area contributed by atoms with E-state index in [9.17, 15) is 13.7 Å². The molecule has 0 aromatic heterocycles. The van der Waals surface area contributed by atoms with Gasteiger partial charge in [0.1, 0.15) is 0 Å². The lowest BCUT2D eigenvalue weighted by molar-refractivity contribution is 0.102. The molecule has 0 spiro atoms. The SMILES string of the molecule is CCCOP1(=O)OP(=O)(OCCC)OP(=O)(OCCC)O1. The van der Waals surface area contributed by atoms with Crippen LogP contribution in [-0.4, -0.2) is 19.8 Å². The fraction of sp³-hybridized carbons (Fsp3) is 1.00. The molecular weight excluding hydrogens is 345 g/mol. The maximum Gasteiger partial charge on any atom is 0.492 e. The van der Waals surface area contributed by atoms with Crippen LogP contribution in [0.15, 0.2) is 0 Å². The van der Waals surface area contributed by atoms with Gasteiger partial charge in [-0.25, -0.2) is 13.7 Å². The zero-order valence-corrected chi connectivity index (χ0v) is 14.9. The molecule has 126 valence electrons. The van der Waals surface area contributed by atoms with Gasteiger partial charge in [-0.3, -0.25) is 13.6 Å². The second kappa shape index (κ2) is 8.34. The summed E-state index contributed by atoms with van der Waals surface area (Å²) in [6, 6.07) is 0. The van der Waals surface area contributed by atoms with Crippen LogP contribution in [-0.2, 0) is 40.2 Å². The molecule has 1 aliphatic rings. The Bertz CT molecular complexity index is 381. The molecule has 0 N–H and O–H groups in total. The Morgan fingerprint density at radius 3 is 1.05 bits per heavy atom. The molecular formula is C9H21O9P3. The second-order valence-corrected chi connectivity index (χ2v) is 9.50. The van der Waals surface area contributed by atoms with Crippen LogP contribution in [0.5, 0.6) is 0 Å². The predicted octanol–water partition coefficient (Wildman–Crippen LogP) is 4.65. The Morgan fingerprint density at radius 1 is 0.619 bits per heavy atom. The quantitative estimate of drug-likeness (QED) is 0.539. The van der Waals surface area contributed by atoms with Crippen molar-refractivity contribution >= 4 is 23.5 Å². The first-order valence-electron chi connectivity index (χ1n) is 6.68. The maximum absolute atomic E-state index is 12.3. The molecule has 0 aromatic carbocycles. The minimum absolute atomic E-state index is 0.00116. The van der Waals surface area contributed by atoms with Crippen molar-refractivity contribution in [3.63, 3.8) is 0 Å². The first kappa shape index (κ1) is 19.5. The molecule has 0 radical (unpaired) electrons. The molecule has 1 aliphatic heterocycles. The molecule has 0 aromatic rings. The van der Waals surface area contributed by atoms with Crippen LogP contribution in [0.2, 0.25) is 0 Å². The van der Waals surface area contributed by atoms with Gasteiger partial charge in [0.05, 0.1) is 19.8 Å². The van der Waals surface area contributed by atoms with Gasteiger partial charge < -0.3 is 0 Å². The molecule has 0 aliphatic carbocycles. The summed E-state index contributed by atoms with van der Waals surface area (Å²) in [5.41, 5.74) is 0. The van der Waals surface area contributed by atoms with Crippen LogP contribution in [0.25, 0.3) is 0 Å². The van der Waals surface area contributed by atoms with E-state index in [2.05, 4.69) is 0 Å². The Hall–Kier alpha value is 0.450. The van der Waals surface area contributed by atoms with Crippen molar-refractivity contribution in [1.29, 1.82) is 0 Å². The smallest absolute Gasteiger partial charge is 0.286 e. The molecule has 1 rings (SSSR count). The highest BCUT2D eigenvalue weighted by Crippen LogP contribution is 2.83. The minimum atomic E-state index is -4.35. The highest BCUT2D eigenvalue weighted by Gasteiger charge is 2.57. The third kappa shape index (κ3) is 6.22. The highest BCUT2D eigenvalue weighted by molar-refractivity contribution is 7.75. The van der Waals surface area contributed by atoms with Crippen LogP contribution in [0, 0.1) is 0 Å². The molecule has 0 bridgehead atoms. The number of hydrogen-bond donors (Lipinski definition) is 0. The molecule has 0 atom stereocenters. The van der Waals surface area contributed by atoms with Crippen molar-refractivity contribution in [2.45, 2.75) is 40.0 Å². The lowest BCUT2D eigenvalue weighted by atomic mass is 10.5. The maximum atomic E-state index is 12.3. The zero-order valence-electron chi connectivity index (χ0n) is 12.3. The summed E-state index contributed by atoms with van der Waals surface area (Å²) >= 11 is 0. The molecule has 1 heterocycles. The Morgan fingerprint density at radius 2 is 0.857 bits per heavy atom. The van der Waals surface area contributed by atoms with E-state index in [4.69, 9.17) is 26.5 Å². The normalized spacial score (nSPS) is 36.7. The summed E-state index contributed by atoms with van der Waals surface area (Å²) in [6.45, 7) is 5.27. The van der Waals surface area contributed by atoms with Crippen LogP contribution in [0.3, 0.4) is 0 Å². The van der Waals surface area contributed by atoms with E-state index < -0.39 is 23.5 Å². The van der Waals surface area contributed by atoms with E-state index in [-0.39, 0.29) is 19.8 Å². The van der Waals surface area contributed by atoms with E-state index >= 15 is 0 Å². The highest BCUT2D eigenvalue weighted by atomic mass is 31.3. The molecule has 0 unspecified atom stereocenters. The van der Waals surface area contributed by atoms with E-state index in [0.717, 1.165) is 0 Å². The topological polar surface area (TPSA) is 107 Å². The van der Waals surface area contributed by atoms with Gasteiger partial charge in [0.25, 0.3) is 0 Å². The van der Waals surface area contributed by atoms with Gasteiger partial charge in [0.2, 0.25) is 0 Å². The van der Waals surface area contributed by atoms with E-state index in [1.165, 1.54) is 0 Å². The van der Waals surface area contributed by atoms with Gasteiger partial charge in [-0.2, -0.15) is 12.9 Å². The molecule has 12 heteroatoms.